The molecule has 0 aliphatic rings. The Morgan fingerprint density at radius 1 is 1.06 bits per heavy atom. The summed E-state index contributed by atoms with van der Waals surface area (Å²) in [7, 11) is 0. The molecule has 0 saturated carbocycles. The van der Waals surface area contributed by atoms with Gasteiger partial charge in [-0.15, -0.1) is 0 Å². The number of nitriles is 1. The normalized spacial score (nSPS) is 9.72. The molecule has 88 valence electrons. The summed E-state index contributed by atoms with van der Waals surface area (Å²) in [6.45, 7) is 0. The Kier molecular flexibility index (Phi) is 2.98. The number of rotatable bonds is 2. The van der Waals surface area contributed by atoms with Gasteiger partial charge in [0.1, 0.15) is 6.07 Å². The number of aromatic hydroxyl groups is 2. The Bertz CT molecular complexity index is 642. The van der Waals surface area contributed by atoms with E-state index in [0.717, 1.165) is 6.07 Å². The van der Waals surface area contributed by atoms with Crippen molar-refractivity contribution in [3.63, 3.8) is 0 Å². The molecule has 0 atom stereocenters. The maximum atomic E-state index is 12.1. The number of phenolic OH excluding ortho intramolecular Hbond substituents is 2. The van der Waals surface area contributed by atoms with Crippen LogP contribution in [0.1, 0.15) is 21.5 Å². The summed E-state index contributed by atoms with van der Waals surface area (Å²) in [6.07, 6.45) is 0. The third-order valence-corrected chi connectivity index (χ3v) is 2.51. The van der Waals surface area contributed by atoms with Crippen LogP contribution in [0.5, 0.6) is 11.5 Å². The number of ketones is 1. The molecule has 4 nitrogen and oxygen atoms in total. The predicted molar refractivity (Wildman–Crippen MR) is 64.4 cm³/mol. The van der Waals surface area contributed by atoms with Crippen LogP contribution in [0.3, 0.4) is 0 Å². The zero-order chi connectivity index (χ0) is 13.1. The lowest BCUT2D eigenvalue weighted by Gasteiger charge is -2.05. The fourth-order valence-corrected chi connectivity index (χ4v) is 1.59. The quantitative estimate of drug-likeness (QED) is 0.621. The van der Waals surface area contributed by atoms with Gasteiger partial charge in [-0.05, 0) is 12.1 Å². The van der Waals surface area contributed by atoms with Crippen molar-refractivity contribution in [1.82, 2.24) is 0 Å². The largest absolute Gasteiger partial charge is 0.504 e. The first kappa shape index (κ1) is 11.7. The van der Waals surface area contributed by atoms with Crippen LogP contribution in [-0.2, 0) is 0 Å². The first-order chi connectivity index (χ1) is 8.63. The van der Waals surface area contributed by atoms with Crippen molar-refractivity contribution < 1.29 is 15.0 Å². The summed E-state index contributed by atoms with van der Waals surface area (Å²) in [6, 6.07) is 12.6. The Hall–Kier alpha value is -2.80. The van der Waals surface area contributed by atoms with Crippen molar-refractivity contribution in [3.05, 3.63) is 59.2 Å². The highest BCUT2D eigenvalue weighted by Crippen LogP contribution is 2.30. The summed E-state index contributed by atoms with van der Waals surface area (Å²) in [5.74, 6) is -1.31. The Morgan fingerprint density at radius 3 is 2.33 bits per heavy atom. The molecule has 0 aliphatic carbocycles. The highest BCUT2D eigenvalue weighted by molar-refractivity contribution is 6.09. The minimum absolute atomic E-state index is 0.130. The number of hydrogen-bond acceptors (Lipinski definition) is 4. The average molecular weight is 239 g/mol. The number of carbonyl (C=O) groups is 1. The Labute approximate surface area is 103 Å². The SMILES string of the molecule is N#Cc1cc(C(=O)c2ccccc2)cc(O)c1O. The van der Waals surface area contributed by atoms with E-state index in [4.69, 9.17) is 5.26 Å². The molecule has 0 aliphatic heterocycles. The molecule has 18 heavy (non-hydrogen) atoms. The molecule has 0 spiro atoms. The third-order valence-electron chi connectivity index (χ3n) is 2.51. The predicted octanol–water partition coefficient (Wildman–Crippen LogP) is 2.20. The lowest BCUT2D eigenvalue weighted by atomic mass is 10.0. The van der Waals surface area contributed by atoms with Crippen molar-refractivity contribution >= 4 is 5.78 Å². The smallest absolute Gasteiger partial charge is 0.193 e. The maximum Gasteiger partial charge on any atom is 0.193 e. The molecule has 2 rings (SSSR count). The maximum absolute atomic E-state index is 12.1. The minimum atomic E-state index is -0.512. The molecular weight excluding hydrogens is 230 g/mol. The number of hydrogen-bond donors (Lipinski definition) is 2. The molecule has 0 aromatic heterocycles. The summed E-state index contributed by atoms with van der Waals surface area (Å²) in [5, 5.41) is 27.6. The van der Waals surface area contributed by atoms with Crippen molar-refractivity contribution in [2.75, 3.05) is 0 Å². The van der Waals surface area contributed by atoms with Gasteiger partial charge in [0, 0.05) is 11.1 Å². The Balaban J connectivity index is 2.51. The number of benzene rings is 2. The second-order valence-corrected chi connectivity index (χ2v) is 3.70. The third kappa shape index (κ3) is 2.02. The van der Waals surface area contributed by atoms with Gasteiger partial charge in [-0.3, -0.25) is 4.79 Å². The van der Waals surface area contributed by atoms with Crippen LogP contribution in [0.25, 0.3) is 0 Å². The fourth-order valence-electron chi connectivity index (χ4n) is 1.59. The molecule has 0 radical (unpaired) electrons. The van der Waals surface area contributed by atoms with E-state index in [1.807, 2.05) is 0 Å². The first-order valence-corrected chi connectivity index (χ1v) is 5.19. The highest BCUT2D eigenvalue weighted by atomic mass is 16.3. The van der Waals surface area contributed by atoms with Crippen LogP contribution < -0.4 is 0 Å². The topological polar surface area (TPSA) is 81.3 Å². The summed E-state index contributed by atoms with van der Waals surface area (Å²) < 4.78 is 0. The molecular formula is C14H9NO3. The van der Waals surface area contributed by atoms with Gasteiger partial charge in [0.05, 0.1) is 5.56 Å². The number of phenols is 2. The standard InChI is InChI=1S/C14H9NO3/c15-8-11-6-10(7-12(16)14(11)18)13(17)9-4-2-1-3-5-9/h1-7,16,18H. The van der Waals surface area contributed by atoms with Crippen molar-refractivity contribution in [2.45, 2.75) is 0 Å². The van der Waals surface area contributed by atoms with Gasteiger partial charge in [-0.1, -0.05) is 30.3 Å². The van der Waals surface area contributed by atoms with E-state index < -0.39 is 11.5 Å². The molecule has 2 aromatic rings. The number of nitrogens with zero attached hydrogens (tertiary/aromatic N) is 1. The number of carbonyl (C=O) groups excluding carboxylic acids is 1. The molecule has 0 heterocycles. The molecule has 0 amide bonds. The average Bonchev–Trinajstić information content (AvgIpc) is 2.42. The molecule has 0 fully saturated rings. The fraction of sp³-hybridized carbons (Fsp3) is 0. The van der Waals surface area contributed by atoms with E-state index in [-0.39, 0.29) is 16.9 Å². The summed E-state index contributed by atoms with van der Waals surface area (Å²) >= 11 is 0. The van der Waals surface area contributed by atoms with Gasteiger partial charge in [0.15, 0.2) is 17.3 Å². The van der Waals surface area contributed by atoms with E-state index in [9.17, 15) is 15.0 Å². The van der Waals surface area contributed by atoms with Gasteiger partial charge in [0.2, 0.25) is 0 Å². The second-order valence-electron chi connectivity index (χ2n) is 3.70. The van der Waals surface area contributed by atoms with E-state index in [1.54, 1.807) is 36.4 Å². The van der Waals surface area contributed by atoms with Crippen LogP contribution in [0.2, 0.25) is 0 Å². The van der Waals surface area contributed by atoms with Gasteiger partial charge >= 0.3 is 0 Å². The molecule has 2 aromatic carbocycles. The van der Waals surface area contributed by atoms with Crippen molar-refractivity contribution in [2.24, 2.45) is 0 Å². The lowest BCUT2D eigenvalue weighted by Crippen LogP contribution is -2.01. The zero-order valence-electron chi connectivity index (χ0n) is 9.29. The van der Waals surface area contributed by atoms with Crippen LogP contribution in [0.15, 0.2) is 42.5 Å². The Morgan fingerprint density at radius 2 is 1.72 bits per heavy atom. The monoisotopic (exact) mass is 239 g/mol. The first-order valence-electron chi connectivity index (χ1n) is 5.19. The van der Waals surface area contributed by atoms with Crippen molar-refractivity contribution in [1.29, 1.82) is 5.26 Å². The van der Waals surface area contributed by atoms with E-state index in [1.165, 1.54) is 6.07 Å². The lowest BCUT2D eigenvalue weighted by molar-refractivity contribution is 0.103. The van der Waals surface area contributed by atoms with Gasteiger partial charge in [-0.2, -0.15) is 5.26 Å². The highest BCUT2D eigenvalue weighted by Gasteiger charge is 2.14. The van der Waals surface area contributed by atoms with Crippen LogP contribution in [0, 0.1) is 11.3 Å². The molecule has 0 bridgehead atoms. The van der Waals surface area contributed by atoms with Crippen LogP contribution in [-0.4, -0.2) is 16.0 Å². The van der Waals surface area contributed by atoms with Gasteiger partial charge < -0.3 is 10.2 Å². The van der Waals surface area contributed by atoms with Gasteiger partial charge in [-0.25, -0.2) is 0 Å². The molecule has 2 N–H and O–H groups in total. The van der Waals surface area contributed by atoms with Crippen LogP contribution >= 0.6 is 0 Å². The second kappa shape index (κ2) is 4.60. The van der Waals surface area contributed by atoms with E-state index in [2.05, 4.69) is 0 Å². The molecule has 4 heteroatoms. The molecule has 0 unspecified atom stereocenters. The zero-order valence-corrected chi connectivity index (χ0v) is 9.29. The van der Waals surface area contributed by atoms with Crippen LogP contribution in [0.4, 0.5) is 0 Å². The summed E-state index contributed by atoms with van der Waals surface area (Å²) in [4.78, 5) is 12.1. The van der Waals surface area contributed by atoms with Crippen molar-refractivity contribution in [3.8, 4) is 17.6 Å². The minimum Gasteiger partial charge on any atom is -0.504 e. The van der Waals surface area contributed by atoms with E-state index >= 15 is 0 Å². The van der Waals surface area contributed by atoms with E-state index in [0.29, 0.717) is 5.56 Å². The summed E-state index contributed by atoms with van der Waals surface area (Å²) in [5.41, 5.74) is 0.480. The van der Waals surface area contributed by atoms with Gasteiger partial charge in [0.25, 0.3) is 0 Å². The molecule has 0 saturated heterocycles.